The lowest BCUT2D eigenvalue weighted by Gasteiger charge is -2.33. The van der Waals surface area contributed by atoms with Crippen LogP contribution in [0.1, 0.15) is 32.8 Å². The molecule has 19 heavy (non-hydrogen) atoms. The third-order valence-corrected chi connectivity index (χ3v) is 3.03. The number of aliphatic hydroxyl groups is 1. The summed E-state index contributed by atoms with van der Waals surface area (Å²) in [5, 5.41) is 12.0. The Balaban J connectivity index is 3.04. The van der Waals surface area contributed by atoms with E-state index in [0.717, 1.165) is 6.07 Å². The molecule has 0 aliphatic carbocycles. The molecule has 0 saturated carbocycles. The molecule has 1 atom stereocenters. The van der Waals surface area contributed by atoms with Crippen LogP contribution in [0.2, 0.25) is 0 Å². The van der Waals surface area contributed by atoms with Gasteiger partial charge in [0.25, 0.3) is 0 Å². The minimum atomic E-state index is -4.38. The molecule has 1 rings (SSSR count). The summed E-state index contributed by atoms with van der Waals surface area (Å²) in [6.45, 7) is 5.71. The molecule has 1 unspecified atom stereocenters. The Morgan fingerprint density at radius 1 is 1.16 bits per heavy atom. The van der Waals surface area contributed by atoms with Gasteiger partial charge in [-0.3, -0.25) is 0 Å². The van der Waals surface area contributed by atoms with Gasteiger partial charge in [-0.1, -0.05) is 32.9 Å². The lowest BCUT2D eigenvalue weighted by molar-refractivity contribution is -0.137. The predicted octanol–water partition coefficient (Wildman–Crippen LogP) is 3.91. The molecule has 0 radical (unpaired) electrons. The molecule has 0 amide bonds. The summed E-state index contributed by atoms with van der Waals surface area (Å²) in [6.07, 6.45) is -3.99. The second kappa shape index (κ2) is 5.82. The van der Waals surface area contributed by atoms with Crippen LogP contribution >= 0.6 is 0 Å². The Morgan fingerprint density at radius 2 is 1.74 bits per heavy atom. The van der Waals surface area contributed by atoms with E-state index >= 15 is 0 Å². The fraction of sp³-hybridized carbons (Fsp3) is 0.571. The van der Waals surface area contributed by atoms with Crippen LogP contribution in [0.3, 0.4) is 0 Å². The maximum absolute atomic E-state index is 12.9. The van der Waals surface area contributed by atoms with Gasteiger partial charge in [0.05, 0.1) is 5.56 Å². The smallest absolute Gasteiger partial charge is 0.396 e. The molecule has 0 saturated heterocycles. The van der Waals surface area contributed by atoms with Crippen LogP contribution in [0.15, 0.2) is 24.3 Å². The van der Waals surface area contributed by atoms with Gasteiger partial charge in [-0.15, -0.1) is 0 Å². The summed E-state index contributed by atoms with van der Waals surface area (Å²) in [4.78, 5) is 0. The minimum Gasteiger partial charge on any atom is -0.396 e. The molecule has 0 heterocycles. The Bertz CT molecular complexity index is 410. The molecule has 5 heteroatoms. The first-order chi connectivity index (χ1) is 8.66. The number of para-hydroxylation sites is 1. The van der Waals surface area contributed by atoms with Gasteiger partial charge in [0.15, 0.2) is 0 Å². The van der Waals surface area contributed by atoms with Crippen LogP contribution in [0, 0.1) is 5.41 Å². The van der Waals surface area contributed by atoms with E-state index in [9.17, 15) is 13.2 Å². The van der Waals surface area contributed by atoms with Crippen molar-refractivity contribution in [2.45, 2.75) is 39.4 Å². The third kappa shape index (κ3) is 4.42. The summed E-state index contributed by atoms with van der Waals surface area (Å²) in [6, 6.07) is 5.17. The van der Waals surface area contributed by atoms with E-state index in [1.165, 1.54) is 12.1 Å². The molecule has 1 aromatic rings. The summed E-state index contributed by atoms with van der Waals surface area (Å²) in [5.74, 6) is 0. The van der Waals surface area contributed by atoms with Crippen LogP contribution < -0.4 is 5.32 Å². The van der Waals surface area contributed by atoms with Gasteiger partial charge < -0.3 is 10.4 Å². The molecule has 2 N–H and O–H groups in total. The second-order valence-corrected chi connectivity index (χ2v) is 5.62. The van der Waals surface area contributed by atoms with Crippen LogP contribution in [-0.2, 0) is 6.18 Å². The molecule has 2 nitrogen and oxygen atoms in total. The number of alkyl halides is 3. The lowest BCUT2D eigenvalue weighted by Crippen LogP contribution is -2.35. The number of hydrogen-bond acceptors (Lipinski definition) is 2. The second-order valence-electron chi connectivity index (χ2n) is 5.62. The summed E-state index contributed by atoms with van der Waals surface area (Å²) in [7, 11) is 0. The van der Waals surface area contributed by atoms with Crippen molar-refractivity contribution in [3.05, 3.63) is 29.8 Å². The van der Waals surface area contributed by atoms with E-state index in [-0.39, 0.29) is 23.8 Å². The van der Waals surface area contributed by atoms with Crippen LogP contribution in [0.4, 0.5) is 18.9 Å². The highest BCUT2D eigenvalue weighted by molar-refractivity contribution is 5.53. The topological polar surface area (TPSA) is 32.3 Å². The Labute approximate surface area is 111 Å². The largest absolute Gasteiger partial charge is 0.418 e. The van der Waals surface area contributed by atoms with Crippen molar-refractivity contribution in [1.82, 2.24) is 0 Å². The third-order valence-electron chi connectivity index (χ3n) is 3.03. The Morgan fingerprint density at radius 3 is 2.21 bits per heavy atom. The fourth-order valence-corrected chi connectivity index (χ4v) is 1.89. The van der Waals surface area contributed by atoms with Crippen molar-refractivity contribution < 1.29 is 18.3 Å². The highest BCUT2D eigenvalue weighted by atomic mass is 19.4. The van der Waals surface area contributed by atoms with Gasteiger partial charge in [0, 0.05) is 18.3 Å². The van der Waals surface area contributed by atoms with Crippen molar-refractivity contribution in [2.75, 3.05) is 11.9 Å². The Hall–Kier alpha value is -1.23. The van der Waals surface area contributed by atoms with Crippen LogP contribution in [-0.4, -0.2) is 17.8 Å². The number of hydrogen-bond donors (Lipinski definition) is 2. The molecule has 0 fully saturated rings. The van der Waals surface area contributed by atoms with E-state index in [2.05, 4.69) is 5.32 Å². The van der Waals surface area contributed by atoms with Crippen molar-refractivity contribution in [1.29, 1.82) is 0 Å². The number of nitrogens with one attached hydrogen (secondary N) is 1. The van der Waals surface area contributed by atoms with Crippen molar-refractivity contribution in [3.63, 3.8) is 0 Å². The number of benzene rings is 1. The number of rotatable bonds is 4. The molecule has 0 aromatic heterocycles. The summed E-state index contributed by atoms with van der Waals surface area (Å²) >= 11 is 0. The lowest BCUT2D eigenvalue weighted by atomic mass is 9.84. The van der Waals surface area contributed by atoms with E-state index in [0.29, 0.717) is 6.42 Å². The van der Waals surface area contributed by atoms with Gasteiger partial charge in [-0.2, -0.15) is 13.2 Å². The highest BCUT2D eigenvalue weighted by Gasteiger charge is 2.34. The maximum atomic E-state index is 12.9. The summed E-state index contributed by atoms with van der Waals surface area (Å²) in [5.41, 5.74) is -0.868. The zero-order valence-electron chi connectivity index (χ0n) is 11.4. The average Bonchev–Trinajstić information content (AvgIpc) is 2.26. The number of aliphatic hydroxyl groups excluding tert-OH is 1. The molecule has 0 aliphatic rings. The quantitative estimate of drug-likeness (QED) is 0.873. The van der Waals surface area contributed by atoms with E-state index < -0.39 is 11.7 Å². The van der Waals surface area contributed by atoms with Gasteiger partial charge in [0.1, 0.15) is 0 Å². The molecule has 0 aliphatic heterocycles. The molecule has 0 spiro atoms. The molecular weight excluding hydrogens is 255 g/mol. The number of halogens is 3. The van der Waals surface area contributed by atoms with Gasteiger partial charge in [-0.05, 0) is 24.0 Å². The number of anilines is 1. The van der Waals surface area contributed by atoms with Gasteiger partial charge in [0.2, 0.25) is 0 Å². The van der Waals surface area contributed by atoms with Gasteiger partial charge >= 0.3 is 6.18 Å². The zero-order valence-corrected chi connectivity index (χ0v) is 11.4. The van der Waals surface area contributed by atoms with Gasteiger partial charge in [-0.25, -0.2) is 0 Å². The standard InChI is InChI=1S/C14H20F3NO/c1-13(2,3)12(8-9-19)18-11-7-5-4-6-10(11)14(15,16)17/h4-7,12,18-19H,8-9H2,1-3H3. The van der Waals surface area contributed by atoms with Crippen molar-refractivity contribution >= 4 is 5.69 Å². The van der Waals surface area contributed by atoms with Crippen LogP contribution in [0.25, 0.3) is 0 Å². The molecular formula is C14H20F3NO. The predicted molar refractivity (Wildman–Crippen MR) is 70.0 cm³/mol. The zero-order chi connectivity index (χ0) is 14.7. The first kappa shape index (κ1) is 15.8. The molecule has 0 bridgehead atoms. The first-order valence-electron chi connectivity index (χ1n) is 6.20. The highest BCUT2D eigenvalue weighted by Crippen LogP contribution is 2.36. The van der Waals surface area contributed by atoms with Crippen molar-refractivity contribution in [3.8, 4) is 0 Å². The SMILES string of the molecule is CC(C)(C)C(CCO)Nc1ccccc1C(F)(F)F. The summed E-state index contributed by atoms with van der Waals surface area (Å²) < 4.78 is 38.7. The average molecular weight is 275 g/mol. The normalized spacial score (nSPS) is 14.3. The first-order valence-corrected chi connectivity index (χ1v) is 6.20. The minimum absolute atomic E-state index is 0.0587. The maximum Gasteiger partial charge on any atom is 0.418 e. The van der Waals surface area contributed by atoms with E-state index in [1.807, 2.05) is 20.8 Å². The monoisotopic (exact) mass is 275 g/mol. The van der Waals surface area contributed by atoms with E-state index in [1.54, 1.807) is 6.07 Å². The fourth-order valence-electron chi connectivity index (χ4n) is 1.89. The van der Waals surface area contributed by atoms with Crippen molar-refractivity contribution in [2.24, 2.45) is 5.41 Å². The Kier molecular flexibility index (Phi) is 4.85. The van der Waals surface area contributed by atoms with E-state index in [4.69, 9.17) is 5.11 Å². The molecule has 108 valence electrons. The van der Waals surface area contributed by atoms with Crippen LogP contribution in [0.5, 0.6) is 0 Å². The molecule has 1 aromatic carbocycles.